The summed E-state index contributed by atoms with van der Waals surface area (Å²) in [6.45, 7) is 2.95. The van der Waals surface area contributed by atoms with Gasteiger partial charge in [0, 0.05) is 6.54 Å². The van der Waals surface area contributed by atoms with E-state index in [1.807, 2.05) is 18.3 Å². The van der Waals surface area contributed by atoms with E-state index in [0.29, 0.717) is 0 Å². The third-order valence-electron chi connectivity index (χ3n) is 0.616. The number of nitrogens with two attached hydrogens (primary N) is 1. The van der Waals surface area contributed by atoms with Crippen molar-refractivity contribution in [1.29, 1.82) is 0 Å². The van der Waals surface area contributed by atoms with Gasteiger partial charge >= 0.3 is 0 Å². The van der Waals surface area contributed by atoms with Crippen LogP contribution in [0.3, 0.4) is 0 Å². The molecule has 2 N–H and O–H groups in total. The van der Waals surface area contributed by atoms with Crippen LogP contribution in [-0.4, -0.2) is 17.9 Å². The minimum Gasteiger partial charge on any atom is -0.229 e. The Kier molecular flexibility index (Phi) is 4.53. The lowest BCUT2D eigenvalue weighted by Crippen LogP contribution is -2.09. The zero-order valence-corrected chi connectivity index (χ0v) is 5.36. The van der Waals surface area contributed by atoms with Gasteiger partial charge in [0.05, 0.1) is 0 Å². The van der Waals surface area contributed by atoms with Crippen molar-refractivity contribution in [3.8, 4) is 0 Å². The molecule has 4 heteroatoms. The van der Waals surface area contributed by atoms with E-state index in [1.54, 1.807) is 0 Å². The zero-order valence-electron chi connectivity index (χ0n) is 4.55. The van der Waals surface area contributed by atoms with Crippen LogP contribution in [0.2, 0.25) is 0 Å². The highest BCUT2D eigenvalue weighted by Crippen LogP contribution is 2.01. The van der Waals surface area contributed by atoms with E-state index in [1.165, 1.54) is 0 Å². The normalized spacial score (nSPS) is 10.3. The van der Waals surface area contributed by atoms with Crippen molar-refractivity contribution in [3.63, 3.8) is 0 Å². The van der Waals surface area contributed by atoms with E-state index in [9.17, 15) is 0 Å². The average molecular weight is 122 g/mol. The standard InChI is InChI=1S/C3H10N2OS/c1-3-5(2)7-6-4/h3-4H2,1-2H3. The lowest BCUT2D eigenvalue weighted by Gasteiger charge is -2.06. The maximum absolute atomic E-state index is 4.73. The molecule has 44 valence electrons. The summed E-state index contributed by atoms with van der Waals surface area (Å²) in [6.07, 6.45) is 0. The van der Waals surface area contributed by atoms with E-state index in [0.717, 1.165) is 18.8 Å². The highest BCUT2D eigenvalue weighted by molar-refractivity contribution is 7.92. The Balaban J connectivity index is 2.83. The summed E-state index contributed by atoms with van der Waals surface area (Å²) in [4.78, 5) is 0. The molecule has 0 aromatic carbocycles. The topological polar surface area (TPSA) is 38.5 Å². The smallest absolute Gasteiger partial charge is 0.104 e. The van der Waals surface area contributed by atoms with Crippen LogP contribution in [0.5, 0.6) is 0 Å². The van der Waals surface area contributed by atoms with E-state index in [2.05, 4.69) is 4.28 Å². The summed E-state index contributed by atoms with van der Waals surface area (Å²) < 4.78 is 6.11. The second-order valence-electron chi connectivity index (χ2n) is 1.11. The fourth-order valence-electron chi connectivity index (χ4n) is 0.126. The molecule has 3 nitrogen and oxygen atoms in total. The van der Waals surface area contributed by atoms with Crippen LogP contribution in [0.1, 0.15) is 6.92 Å². The fourth-order valence-corrected chi connectivity index (χ4v) is 0.379. The first-order chi connectivity index (χ1) is 3.31. The molecule has 0 amide bonds. The summed E-state index contributed by atoms with van der Waals surface area (Å²) in [5.74, 6) is 4.73. The quantitative estimate of drug-likeness (QED) is 0.334. The van der Waals surface area contributed by atoms with Crippen LogP contribution in [0.25, 0.3) is 0 Å². The van der Waals surface area contributed by atoms with E-state index >= 15 is 0 Å². The highest BCUT2D eigenvalue weighted by atomic mass is 32.2. The molecule has 0 rings (SSSR count). The predicted molar refractivity (Wildman–Crippen MR) is 31.2 cm³/mol. The molecule has 0 aromatic rings. The highest BCUT2D eigenvalue weighted by Gasteiger charge is 1.89. The predicted octanol–water partition coefficient (Wildman–Crippen LogP) is 0.392. The molecule has 0 unspecified atom stereocenters. The van der Waals surface area contributed by atoms with E-state index in [4.69, 9.17) is 5.90 Å². The molecule has 0 spiro atoms. The number of hydrogen-bond acceptors (Lipinski definition) is 4. The fraction of sp³-hybridized carbons (Fsp3) is 1.00. The van der Waals surface area contributed by atoms with Gasteiger partial charge in [-0.15, -0.1) is 0 Å². The molecular weight excluding hydrogens is 112 g/mol. The summed E-state index contributed by atoms with van der Waals surface area (Å²) >= 11 is 1.14. The van der Waals surface area contributed by atoms with Gasteiger partial charge in [-0.2, -0.15) is 0 Å². The van der Waals surface area contributed by atoms with Crippen LogP contribution in [-0.2, 0) is 4.28 Å². The second-order valence-corrected chi connectivity index (χ2v) is 2.08. The van der Waals surface area contributed by atoms with Gasteiger partial charge in [0.1, 0.15) is 12.2 Å². The first-order valence-electron chi connectivity index (χ1n) is 2.06. The minimum atomic E-state index is 0.932. The Morgan fingerprint density at radius 1 is 1.86 bits per heavy atom. The largest absolute Gasteiger partial charge is 0.229 e. The number of rotatable bonds is 3. The van der Waals surface area contributed by atoms with Crippen LogP contribution in [0.4, 0.5) is 0 Å². The van der Waals surface area contributed by atoms with E-state index < -0.39 is 0 Å². The van der Waals surface area contributed by atoms with Crippen molar-refractivity contribution >= 4 is 12.2 Å². The average Bonchev–Trinajstić information content (AvgIpc) is 1.68. The molecule has 0 aliphatic heterocycles. The van der Waals surface area contributed by atoms with Crippen molar-refractivity contribution in [1.82, 2.24) is 4.31 Å². The second kappa shape index (κ2) is 4.39. The monoisotopic (exact) mass is 122 g/mol. The zero-order chi connectivity index (χ0) is 5.70. The molecule has 0 fully saturated rings. The molecule has 0 bridgehead atoms. The first kappa shape index (κ1) is 7.23. The molecule has 0 aliphatic rings. The third kappa shape index (κ3) is 4.08. The van der Waals surface area contributed by atoms with Gasteiger partial charge in [-0.05, 0) is 7.05 Å². The van der Waals surface area contributed by atoms with Crippen molar-refractivity contribution < 1.29 is 4.28 Å². The Bertz CT molecular complexity index is 43.9. The summed E-state index contributed by atoms with van der Waals surface area (Å²) in [5, 5.41) is 0. The summed E-state index contributed by atoms with van der Waals surface area (Å²) in [7, 11) is 1.90. The lowest BCUT2D eigenvalue weighted by atomic mass is 10.8. The van der Waals surface area contributed by atoms with Crippen LogP contribution < -0.4 is 5.90 Å². The maximum atomic E-state index is 4.73. The molecule has 0 radical (unpaired) electrons. The molecule has 0 atom stereocenters. The van der Waals surface area contributed by atoms with Crippen LogP contribution >= 0.6 is 12.2 Å². The number of hydrogen-bond donors (Lipinski definition) is 1. The molecule has 0 aliphatic carbocycles. The van der Waals surface area contributed by atoms with Gasteiger partial charge in [0.15, 0.2) is 0 Å². The Hall–Kier alpha value is 0.230. The number of nitrogens with zero attached hydrogens (tertiary/aromatic N) is 1. The van der Waals surface area contributed by atoms with E-state index in [-0.39, 0.29) is 0 Å². The van der Waals surface area contributed by atoms with Crippen molar-refractivity contribution in [2.24, 2.45) is 5.90 Å². The minimum absolute atomic E-state index is 0.932. The van der Waals surface area contributed by atoms with Gasteiger partial charge < -0.3 is 0 Å². The first-order valence-corrected chi connectivity index (χ1v) is 2.75. The van der Waals surface area contributed by atoms with Crippen molar-refractivity contribution in [2.75, 3.05) is 13.6 Å². The SMILES string of the molecule is CCN(C)SON. The Labute approximate surface area is 48.1 Å². The molecule has 7 heavy (non-hydrogen) atoms. The summed E-state index contributed by atoms with van der Waals surface area (Å²) in [5.41, 5.74) is 0. The third-order valence-corrected chi connectivity index (χ3v) is 1.21. The van der Waals surface area contributed by atoms with Gasteiger partial charge in [0.25, 0.3) is 0 Å². The van der Waals surface area contributed by atoms with Gasteiger partial charge in [-0.1, -0.05) is 6.92 Å². The van der Waals surface area contributed by atoms with Crippen LogP contribution in [0.15, 0.2) is 0 Å². The van der Waals surface area contributed by atoms with Crippen molar-refractivity contribution in [3.05, 3.63) is 0 Å². The summed E-state index contributed by atoms with van der Waals surface area (Å²) in [6, 6.07) is 0. The van der Waals surface area contributed by atoms with Gasteiger partial charge in [-0.25, -0.2) is 14.5 Å². The molecule has 0 heterocycles. The lowest BCUT2D eigenvalue weighted by molar-refractivity contribution is 0.369. The Morgan fingerprint density at radius 3 is 2.57 bits per heavy atom. The van der Waals surface area contributed by atoms with Crippen molar-refractivity contribution in [2.45, 2.75) is 6.92 Å². The van der Waals surface area contributed by atoms with Crippen LogP contribution in [0, 0.1) is 0 Å². The molecular formula is C3H10N2OS. The van der Waals surface area contributed by atoms with Gasteiger partial charge in [-0.3, -0.25) is 0 Å². The maximum Gasteiger partial charge on any atom is 0.104 e. The Morgan fingerprint density at radius 2 is 2.43 bits per heavy atom. The molecule has 0 saturated carbocycles. The molecule has 0 aromatic heterocycles. The molecule has 0 saturated heterocycles. The van der Waals surface area contributed by atoms with Gasteiger partial charge in [0.2, 0.25) is 0 Å².